The number of benzene rings is 2. The van der Waals surface area contributed by atoms with E-state index in [-0.39, 0.29) is 18.4 Å². The number of halogens is 2. The molecule has 0 aliphatic rings. The first kappa shape index (κ1) is 27.2. The van der Waals surface area contributed by atoms with E-state index in [0.717, 1.165) is 11.1 Å². The van der Waals surface area contributed by atoms with Gasteiger partial charge in [0, 0.05) is 19.2 Å². The number of hydrogen-bond donors (Lipinski definition) is 2. The van der Waals surface area contributed by atoms with Gasteiger partial charge in [0.15, 0.2) is 6.61 Å². The van der Waals surface area contributed by atoms with Crippen LogP contribution in [0.4, 0.5) is 0 Å². The minimum atomic E-state index is -0.896. The molecule has 2 N–H and O–H groups in total. The Bertz CT molecular complexity index is 1040. The van der Waals surface area contributed by atoms with Crippen molar-refractivity contribution in [3.63, 3.8) is 0 Å². The molecule has 1 unspecified atom stereocenters. The van der Waals surface area contributed by atoms with Gasteiger partial charge in [0.2, 0.25) is 5.91 Å². The summed E-state index contributed by atoms with van der Waals surface area (Å²) in [6.45, 7) is 10.3. The molecule has 0 aliphatic heterocycles. The van der Waals surface area contributed by atoms with Gasteiger partial charge in [-0.1, -0.05) is 84.9 Å². The maximum absolute atomic E-state index is 13.2. The van der Waals surface area contributed by atoms with Gasteiger partial charge in [0.1, 0.15) is 5.75 Å². The van der Waals surface area contributed by atoms with Crippen molar-refractivity contribution in [1.29, 1.82) is 0 Å². The fourth-order valence-corrected chi connectivity index (χ4v) is 3.68. The van der Waals surface area contributed by atoms with Crippen molar-refractivity contribution in [3.05, 3.63) is 101 Å². The third kappa shape index (κ3) is 7.51. The molecular weight excluding hydrogens is 471 g/mol. The molecule has 0 spiro atoms. The molecule has 7 heteroatoms. The summed E-state index contributed by atoms with van der Waals surface area (Å²) in [5, 5.41) is 6.60. The maximum Gasteiger partial charge on any atom is 0.257 e. The minimum Gasteiger partial charge on any atom is -0.484 e. The zero-order chi connectivity index (χ0) is 25.0. The normalized spacial score (nSPS) is 12.9. The molecule has 2 rings (SSSR count). The number of hydrogen-bond acceptors (Lipinski definition) is 3. The zero-order valence-corrected chi connectivity index (χ0v) is 20.8. The topological polar surface area (TPSA) is 67.4 Å². The second-order valence-corrected chi connectivity index (χ2v) is 8.54. The second-order valence-electron chi connectivity index (χ2n) is 7.73. The molecule has 0 fully saturated rings. The lowest BCUT2D eigenvalue weighted by molar-refractivity contribution is -0.125. The fourth-order valence-electron chi connectivity index (χ4n) is 3.39. The summed E-state index contributed by atoms with van der Waals surface area (Å²) in [6.07, 6.45) is 6.55. The summed E-state index contributed by atoms with van der Waals surface area (Å²) in [5.74, 6) is 0.112. The molecule has 1 atom stereocenters. The molecule has 0 saturated heterocycles. The maximum atomic E-state index is 13.2. The molecule has 0 aromatic heterocycles. The first-order valence-corrected chi connectivity index (χ1v) is 11.7. The molecule has 34 heavy (non-hydrogen) atoms. The lowest BCUT2D eigenvalue weighted by atomic mass is 9.74. The molecule has 2 aromatic rings. The number of rotatable bonds is 13. The zero-order valence-electron chi connectivity index (χ0n) is 19.3. The Morgan fingerprint density at radius 1 is 1.00 bits per heavy atom. The van der Waals surface area contributed by atoms with Crippen LogP contribution in [0, 0.1) is 0 Å². The van der Waals surface area contributed by atoms with Crippen molar-refractivity contribution in [1.82, 2.24) is 10.6 Å². The molecule has 0 saturated carbocycles. The van der Waals surface area contributed by atoms with Crippen LogP contribution in [-0.4, -0.2) is 31.5 Å². The number of nitrogens with one attached hydrogen (secondary N) is 2. The number of unbranched alkanes of at least 4 members (excludes halogenated alkanes) is 1. The standard InChI is InChI=1S/C27H30Cl2N2O3/c1-4-11-20(5-2)27(3,21-12-7-6-8-13-21)26(33)31-17-10-9-16-30-25(32)19-34-22-14-15-23(28)24(29)18-22/h4-8,11-15,18H,1-2,9-10,16-17,19H2,3H3,(H,30,32)(H,31,33)/b20-11+. The summed E-state index contributed by atoms with van der Waals surface area (Å²) >= 11 is 11.8. The SMILES string of the molecule is C=C/C=C(\C=C)C(C)(C(=O)NCCCCNC(=O)COc1ccc(Cl)c(Cl)c1)c1ccccc1. The smallest absolute Gasteiger partial charge is 0.257 e. The Kier molecular flexibility index (Phi) is 10.9. The highest BCUT2D eigenvalue weighted by Gasteiger charge is 2.37. The summed E-state index contributed by atoms with van der Waals surface area (Å²) < 4.78 is 5.41. The number of carbonyl (C=O) groups excluding carboxylic acids is 2. The summed E-state index contributed by atoms with van der Waals surface area (Å²) in [4.78, 5) is 25.2. The van der Waals surface area contributed by atoms with E-state index in [0.29, 0.717) is 41.7 Å². The summed E-state index contributed by atoms with van der Waals surface area (Å²) in [7, 11) is 0. The number of ether oxygens (including phenoxy) is 1. The van der Waals surface area contributed by atoms with Crippen molar-refractivity contribution >= 4 is 35.0 Å². The van der Waals surface area contributed by atoms with Gasteiger partial charge in [-0.15, -0.1) is 0 Å². The third-order valence-corrected chi connectivity index (χ3v) is 6.11. The highest BCUT2D eigenvalue weighted by atomic mass is 35.5. The molecule has 5 nitrogen and oxygen atoms in total. The summed E-state index contributed by atoms with van der Waals surface area (Å²) in [6, 6.07) is 14.4. The van der Waals surface area contributed by atoms with Gasteiger partial charge >= 0.3 is 0 Å². The van der Waals surface area contributed by atoms with Crippen LogP contribution in [0.15, 0.2) is 85.5 Å². The van der Waals surface area contributed by atoms with Crippen LogP contribution in [0.1, 0.15) is 25.3 Å². The number of carbonyl (C=O) groups is 2. The monoisotopic (exact) mass is 500 g/mol. The molecular formula is C27H30Cl2N2O3. The van der Waals surface area contributed by atoms with E-state index in [9.17, 15) is 9.59 Å². The first-order chi connectivity index (χ1) is 16.3. The van der Waals surface area contributed by atoms with Crippen LogP contribution >= 0.6 is 23.2 Å². The fraction of sp³-hybridized carbons (Fsp3) is 0.259. The van der Waals surface area contributed by atoms with Crippen LogP contribution in [0.5, 0.6) is 5.75 Å². The quantitative estimate of drug-likeness (QED) is 0.276. The third-order valence-electron chi connectivity index (χ3n) is 5.37. The highest BCUT2D eigenvalue weighted by Crippen LogP contribution is 2.33. The number of amides is 2. The highest BCUT2D eigenvalue weighted by molar-refractivity contribution is 6.42. The Morgan fingerprint density at radius 3 is 2.29 bits per heavy atom. The van der Waals surface area contributed by atoms with Gasteiger partial charge in [0.25, 0.3) is 5.91 Å². The van der Waals surface area contributed by atoms with E-state index in [1.165, 1.54) is 0 Å². The van der Waals surface area contributed by atoms with Crippen molar-refractivity contribution in [2.24, 2.45) is 0 Å². The van der Waals surface area contributed by atoms with Crippen molar-refractivity contribution < 1.29 is 14.3 Å². The van der Waals surface area contributed by atoms with Gasteiger partial charge in [-0.2, -0.15) is 0 Å². The molecule has 180 valence electrons. The average molecular weight is 501 g/mol. The van der Waals surface area contributed by atoms with Crippen molar-refractivity contribution in [2.75, 3.05) is 19.7 Å². The second kappa shape index (κ2) is 13.6. The van der Waals surface area contributed by atoms with Gasteiger partial charge in [-0.25, -0.2) is 0 Å². The molecule has 0 heterocycles. The molecule has 0 bridgehead atoms. The molecule has 0 radical (unpaired) electrons. The molecule has 0 aliphatic carbocycles. The van der Waals surface area contributed by atoms with Crippen LogP contribution in [-0.2, 0) is 15.0 Å². The van der Waals surface area contributed by atoms with E-state index in [1.807, 2.05) is 37.3 Å². The van der Waals surface area contributed by atoms with Gasteiger partial charge in [-0.3, -0.25) is 9.59 Å². The Hall–Kier alpha value is -3.02. The Labute approximate surface area is 211 Å². The van der Waals surface area contributed by atoms with Crippen molar-refractivity contribution in [2.45, 2.75) is 25.2 Å². The predicted octanol–water partition coefficient (Wildman–Crippen LogP) is 5.64. The molecule has 2 amide bonds. The van der Waals surface area contributed by atoms with Crippen LogP contribution in [0.25, 0.3) is 0 Å². The van der Waals surface area contributed by atoms with E-state index in [2.05, 4.69) is 23.8 Å². The molecule has 2 aromatic carbocycles. The predicted molar refractivity (Wildman–Crippen MR) is 139 cm³/mol. The van der Waals surface area contributed by atoms with Crippen LogP contribution in [0.3, 0.4) is 0 Å². The van der Waals surface area contributed by atoms with E-state index in [4.69, 9.17) is 27.9 Å². The Balaban J connectivity index is 1.79. The van der Waals surface area contributed by atoms with E-state index >= 15 is 0 Å². The van der Waals surface area contributed by atoms with E-state index < -0.39 is 5.41 Å². The first-order valence-electron chi connectivity index (χ1n) is 11.0. The average Bonchev–Trinajstić information content (AvgIpc) is 2.85. The van der Waals surface area contributed by atoms with Gasteiger partial charge in [-0.05, 0) is 43.0 Å². The van der Waals surface area contributed by atoms with Gasteiger partial charge < -0.3 is 15.4 Å². The van der Waals surface area contributed by atoms with Crippen LogP contribution < -0.4 is 15.4 Å². The minimum absolute atomic E-state index is 0.120. The van der Waals surface area contributed by atoms with Gasteiger partial charge in [0.05, 0.1) is 15.5 Å². The number of allylic oxidation sites excluding steroid dienone is 3. The van der Waals surface area contributed by atoms with Crippen molar-refractivity contribution in [3.8, 4) is 5.75 Å². The largest absolute Gasteiger partial charge is 0.484 e. The van der Waals surface area contributed by atoms with Crippen LogP contribution in [0.2, 0.25) is 10.0 Å². The Morgan fingerprint density at radius 2 is 1.68 bits per heavy atom. The van der Waals surface area contributed by atoms with E-state index in [1.54, 1.807) is 36.4 Å². The lowest BCUT2D eigenvalue weighted by Crippen LogP contribution is -2.44. The lowest BCUT2D eigenvalue weighted by Gasteiger charge is -2.30. The summed E-state index contributed by atoms with van der Waals surface area (Å²) in [5.41, 5.74) is 0.739.